The topological polar surface area (TPSA) is 35.6 Å². The van der Waals surface area contributed by atoms with E-state index >= 15 is 0 Å². The SMILES string of the molecule is O=C(N1CC[C@@H]2CNC[C@@H]21)C1(c2ccccc2)CCN(Cc2ccccc2)CC1. The van der Waals surface area contributed by atoms with Gasteiger partial charge in [-0.15, -0.1) is 0 Å². The Labute approximate surface area is 173 Å². The maximum atomic E-state index is 14.0. The number of amides is 1. The third kappa shape index (κ3) is 3.49. The van der Waals surface area contributed by atoms with Crippen molar-refractivity contribution in [1.29, 1.82) is 0 Å². The average Bonchev–Trinajstić information content (AvgIpc) is 3.39. The van der Waals surface area contributed by atoms with E-state index in [0.717, 1.165) is 58.5 Å². The largest absolute Gasteiger partial charge is 0.337 e. The molecular formula is C25H31N3O. The number of piperidine rings is 1. The van der Waals surface area contributed by atoms with E-state index in [1.165, 1.54) is 11.1 Å². The van der Waals surface area contributed by atoms with Gasteiger partial charge < -0.3 is 10.2 Å². The van der Waals surface area contributed by atoms with Crippen LogP contribution in [0, 0.1) is 5.92 Å². The highest BCUT2D eigenvalue weighted by molar-refractivity contribution is 5.89. The molecule has 1 amide bonds. The molecule has 2 atom stereocenters. The van der Waals surface area contributed by atoms with Gasteiger partial charge in [0.1, 0.15) is 0 Å². The Kier molecular flexibility index (Phi) is 5.15. The lowest BCUT2D eigenvalue weighted by Crippen LogP contribution is -2.54. The number of rotatable bonds is 4. The molecule has 3 heterocycles. The standard InChI is InChI=1S/C25H31N3O/c29-24(28-14-11-21-17-26-18-23(21)28)25(22-9-5-2-6-10-22)12-15-27(16-13-25)19-20-7-3-1-4-8-20/h1-10,21,23,26H,11-19H2/t21-,23+/m1/s1. The molecule has 0 aromatic heterocycles. The summed E-state index contributed by atoms with van der Waals surface area (Å²) in [6.07, 6.45) is 2.96. The molecular weight excluding hydrogens is 358 g/mol. The average molecular weight is 390 g/mol. The fourth-order valence-electron chi connectivity index (χ4n) is 5.69. The minimum Gasteiger partial charge on any atom is -0.337 e. The summed E-state index contributed by atoms with van der Waals surface area (Å²) in [5.41, 5.74) is 2.19. The third-order valence-corrected chi connectivity index (χ3v) is 7.40. The fraction of sp³-hybridized carbons (Fsp3) is 0.480. The number of hydrogen-bond donors (Lipinski definition) is 1. The molecule has 0 spiro atoms. The van der Waals surface area contributed by atoms with Crippen LogP contribution in [0.15, 0.2) is 60.7 Å². The Hall–Kier alpha value is -2.17. The first kappa shape index (κ1) is 18.8. The van der Waals surface area contributed by atoms with Crippen LogP contribution in [0.2, 0.25) is 0 Å². The Morgan fingerprint density at radius 1 is 0.931 bits per heavy atom. The van der Waals surface area contributed by atoms with E-state index in [9.17, 15) is 4.79 Å². The molecule has 3 aliphatic heterocycles. The number of benzene rings is 2. The van der Waals surface area contributed by atoms with Crippen LogP contribution in [0.1, 0.15) is 30.4 Å². The van der Waals surface area contributed by atoms with Crippen molar-refractivity contribution in [3.63, 3.8) is 0 Å². The number of hydrogen-bond acceptors (Lipinski definition) is 3. The minimum absolute atomic E-state index is 0.369. The quantitative estimate of drug-likeness (QED) is 0.873. The first-order valence-corrected chi connectivity index (χ1v) is 11.1. The van der Waals surface area contributed by atoms with E-state index in [0.29, 0.717) is 17.9 Å². The maximum Gasteiger partial charge on any atom is 0.233 e. The van der Waals surface area contributed by atoms with Gasteiger partial charge in [0, 0.05) is 32.2 Å². The summed E-state index contributed by atoms with van der Waals surface area (Å²) in [4.78, 5) is 18.7. The zero-order valence-corrected chi connectivity index (χ0v) is 17.1. The number of fused-ring (bicyclic) bond motifs is 1. The van der Waals surface area contributed by atoms with Crippen LogP contribution >= 0.6 is 0 Å². The van der Waals surface area contributed by atoms with Gasteiger partial charge in [0.05, 0.1) is 5.41 Å². The van der Waals surface area contributed by atoms with Crippen molar-refractivity contribution in [2.75, 3.05) is 32.7 Å². The Morgan fingerprint density at radius 3 is 2.34 bits per heavy atom. The summed E-state index contributed by atoms with van der Waals surface area (Å²) in [6.45, 7) is 5.86. The zero-order chi connectivity index (χ0) is 19.7. The maximum absolute atomic E-state index is 14.0. The number of likely N-dealkylation sites (tertiary alicyclic amines) is 2. The molecule has 0 unspecified atom stereocenters. The molecule has 0 saturated carbocycles. The Balaban J connectivity index is 1.37. The molecule has 3 fully saturated rings. The molecule has 0 radical (unpaired) electrons. The van der Waals surface area contributed by atoms with Crippen molar-refractivity contribution in [2.24, 2.45) is 5.92 Å². The van der Waals surface area contributed by atoms with E-state index in [2.05, 4.69) is 75.8 Å². The molecule has 4 heteroatoms. The number of nitrogens with one attached hydrogen (secondary N) is 1. The molecule has 0 aliphatic carbocycles. The molecule has 2 aromatic rings. The second-order valence-corrected chi connectivity index (χ2v) is 8.98. The summed E-state index contributed by atoms with van der Waals surface area (Å²) in [7, 11) is 0. The van der Waals surface area contributed by atoms with Gasteiger partial charge in [-0.3, -0.25) is 9.69 Å². The summed E-state index contributed by atoms with van der Waals surface area (Å²) in [5, 5.41) is 3.50. The van der Waals surface area contributed by atoms with Crippen LogP contribution in [0.5, 0.6) is 0 Å². The van der Waals surface area contributed by atoms with E-state index in [1.807, 2.05) is 0 Å². The second kappa shape index (κ2) is 7.92. The zero-order valence-electron chi connectivity index (χ0n) is 17.1. The third-order valence-electron chi connectivity index (χ3n) is 7.40. The van der Waals surface area contributed by atoms with E-state index in [4.69, 9.17) is 0 Å². The van der Waals surface area contributed by atoms with Gasteiger partial charge in [0.15, 0.2) is 0 Å². The fourth-order valence-corrected chi connectivity index (χ4v) is 5.69. The molecule has 5 rings (SSSR count). The highest BCUT2D eigenvalue weighted by atomic mass is 16.2. The van der Waals surface area contributed by atoms with E-state index in [-0.39, 0.29) is 5.41 Å². The predicted octanol–water partition coefficient (Wildman–Crippen LogP) is 3.04. The molecule has 152 valence electrons. The molecule has 4 nitrogen and oxygen atoms in total. The van der Waals surface area contributed by atoms with E-state index in [1.54, 1.807) is 0 Å². The second-order valence-electron chi connectivity index (χ2n) is 8.98. The van der Waals surface area contributed by atoms with Crippen LogP contribution in [-0.4, -0.2) is 54.5 Å². The first-order valence-electron chi connectivity index (χ1n) is 11.1. The van der Waals surface area contributed by atoms with Crippen LogP contribution in [0.25, 0.3) is 0 Å². The summed E-state index contributed by atoms with van der Waals surface area (Å²) >= 11 is 0. The molecule has 3 saturated heterocycles. The smallest absolute Gasteiger partial charge is 0.233 e. The van der Waals surface area contributed by atoms with Gasteiger partial charge in [-0.1, -0.05) is 60.7 Å². The van der Waals surface area contributed by atoms with Crippen LogP contribution in [0.3, 0.4) is 0 Å². The van der Waals surface area contributed by atoms with Crippen LogP contribution in [0.4, 0.5) is 0 Å². The Morgan fingerprint density at radius 2 is 1.62 bits per heavy atom. The highest BCUT2D eigenvalue weighted by Gasteiger charge is 2.49. The summed E-state index contributed by atoms with van der Waals surface area (Å²) in [6, 6.07) is 21.6. The molecule has 2 aromatic carbocycles. The van der Waals surface area contributed by atoms with Crippen molar-refractivity contribution in [1.82, 2.24) is 15.1 Å². The molecule has 29 heavy (non-hydrogen) atoms. The monoisotopic (exact) mass is 389 g/mol. The normalized spacial score (nSPS) is 26.4. The number of nitrogens with zero attached hydrogens (tertiary/aromatic N) is 2. The van der Waals surface area contributed by atoms with Gasteiger partial charge in [0.25, 0.3) is 0 Å². The van der Waals surface area contributed by atoms with E-state index < -0.39 is 0 Å². The molecule has 0 bridgehead atoms. The number of carbonyl (C=O) groups excluding carboxylic acids is 1. The summed E-state index contributed by atoms with van der Waals surface area (Å²) < 4.78 is 0. The lowest BCUT2D eigenvalue weighted by Gasteiger charge is -2.44. The van der Waals surface area contributed by atoms with Gasteiger partial charge >= 0.3 is 0 Å². The van der Waals surface area contributed by atoms with Gasteiger partial charge in [-0.05, 0) is 49.4 Å². The van der Waals surface area contributed by atoms with Crippen LogP contribution in [-0.2, 0) is 16.8 Å². The molecule has 1 N–H and O–H groups in total. The van der Waals surface area contributed by atoms with Crippen molar-refractivity contribution >= 4 is 5.91 Å². The van der Waals surface area contributed by atoms with Crippen molar-refractivity contribution in [3.8, 4) is 0 Å². The summed E-state index contributed by atoms with van der Waals surface area (Å²) in [5.74, 6) is 1.02. The van der Waals surface area contributed by atoms with Gasteiger partial charge in [-0.2, -0.15) is 0 Å². The van der Waals surface area contributed by atoms with Gasteiger partial charge in [-0.25, -0.2) is 0 Å². The van der Waals surface area contributed by atoms with Crippen molar-refractivity contribution in [2.45, 2.75) is 37.3 Å². The highest BCUT2D eigenvalue weighted by Crippen LogP contribution is 2.40. The lowest BCUT2D eigenvalue weighted by atomic mass is 9.71. The minimum atomic E-state index is -0.369. The van der Waals surface area contributed by atoms with Crippen LogP contribution < -0.4 is 5.32 Å². The number of carbonyl (C=O) groups is 1. The first-order chi connectivity index (χ1) is 14.3. The Bertz CT molecular complexity index is 830. The van der Waals surface area contributed by atoms with Crippen molar-refractivity contribution < 1.29 is 4.79 Å². The molecule has 3 aliphatic rings. The van der Waals surface area contributed by atoms with Gasteiger partial charge in [0.2, 0.25) is 5.91 Å². The predicted molar refractivity (Wildman–Crippen MR) is 116 cm³/mol. The van der Waals surface area contributed by atoms with Crippen molar-refractivity contribution in [3.05, 3.63) is 71.8 Å². The lowest BCUT2D eigenvalue weighted by molar-refractivity contribution is -0.140.